The molecule has 7 heteroatoms. The lowest BCUT2D eigenvalue weighted by atomic mass is 10.1. The van der Waals surface area contributed by atoms with Crippen LogP contribution in [0, 0.1) is 11.8 Å². The quantitative estimate of drug-likeness (QED) is 0.475. The Balaban J connectivity index is 1.53. The molecule has 0 aliphatic rings. The second-order valence-electron chi connectivity index (χ2n) is 7.54. The molecule has 0 aliphatic carbocycles. The predicted octanol–water partition coefficient (Wildman–Crippen LogP) is 3.72. The minimum atomic E-state index is -0.445. The van der Waals surface area contributed by atoms with Gasteiger partial charge in [0.05, 0.1) is 24.7 Å². The Hall–Kier alpha value is -3.04. The first kappa shape index (κ1) is 20.7. The SMILES string of the molecule is CC(C)(C)n1ncc(OCCC#Cc2ccc(Cn3ccnc3)cc2)c(Cl)c1=O. The summed E-state index contributed by atoms with van der Waals surface area (Å²) in [5, 5.41) is 4.18. The maximum atomic E-state index is 12.3. The lowest BCUT2D eigenvalue weighted by Crippen LogP contribution is -2.36. The lowest BCUT2D eigenvalue weighted by molar-refractivity contribution is 0.306. The van der Waals surface area contributed by atoms with E-state index < -0.39 is 5.54 Å². The van der Waals surface area contributed by atoms with Crippen molar-refractivity contribution in [1.82, 2.24) is 19.3 Å². The van der Waals surface area contributed by atoms with E-state index in [2.05, 4.69) is 34.1 Å². The minimum absolute atomic E-state index is 0.0383. The Morgan fingerprint density at radius 2 is 1.97 bits per heavy atom. The number of halogens is 1. The maximum Gasteiger partial charge on any atom is 0.289 e. The van der Waals surface area contributed by atoms with Crippen molar-refractivity contribution in [3.63, 3.8) is 0 Å². The van der Waals surface area contributed by atoms with E-state index >= 15 is 0 Å². The summed E-state index contributed by atoms with van der Waals surface area (Å²) in [7, 11) is 0. The van der Waals surface area contributed by atoms with Gasteiger partial charge in [-0.25, -0.2) is 9.67 Å². The highest BCUT2D eigenvalue weighted by atomic mass is 35.5. The Bertz CT molecular complexity index is 1070. The molecule has 6 nitrogen and oxygen atoms in total. The van der Waals surface area contributed by atoms with Crippen LogP contribution >= 0.6 is 11.6 Å². The molecule has 0 fully saturated rings. The molecule has 0 amide bonds. The van der Waals surface area contributed by atoms with E-state index in [1.165, 1.54) is 16.4 Å². The number of benzene rings is 1. The summed E-state index contributed by atoms with van der Waals surface area (Å²) in [6.07, 6.45) is 7.47. The van der Waals surface area contributed by atoms with E-state index in [4.69, 9.17) is 16.3 Å². The van der Waals surface area contributed by atoms with Gasteiger partial charge in [0.1, 0.15) is 0 Å². The molecule has 1 aromatic carbocycles. The van der Waals surface area contributed by atoms with Crippen molar-refractivity contribution in [1.29, 1.82) is 0 Å². The summed E-state index contributed by atoms with van der Waals surface area (Å²) in [5.41, 5.74) is 1.31. The van der Waals surface area contributed by atoms with Crippen LogP contribution in [0.3, 0.4) is 0 Å². The number of hydrogen-bond acceptors (Lipinski definition) is 4. The van der Waals surface area contributed by atoms with Gasteiger partial charge < -0.3 is 9.30 Å². The third-order valence-electron chi connectivity index (χ3n) is 4.12. The number of imidazole rings is 1. The smallest absolute Gasteiger partial charge is 0.289 e. The second-order valence-corrected chi connectivity index (χ2v) is 7.92. The number of rotatable bonds is 5. The zero-order valence-electron chi connectivity index (χ0n) is 16.7. The minimum Gasteiger partial charge on any atom is -0.489 e. The Morgan fingerprint density at radius 3 is 2.62 bits per heavy atom. The highest BCUT2D eigenvalue weighted by Gasteiger charge is 2.19. The summed E-state index contributed by atoms with van der Waals surface area (Å²) in [6.45, 7) is 6.77. The fourth-order valence-electron chi connectivity index (χ4n) is 2.66. The van der Waals surface area contributed by atoms with Crippen LogP contribution in [0.5, 0.6) is 5.75 Å². The molecular formula is C22H23ClN4O2. The van der Waals surface area contributed by atoms with Gasteiger partial charge in [-0.05, 0) is 38.5 Å². The third-order valence-corrected chi connectivity index (χ3v) is 4.47. The molecule has 0 saturated heterocycles. The summed E-state index contributed by atoms with van der Waals surface area (Å²) < 4.78 is 8.94. The van der Waals surface area contributed by atoms with Crippen LogP contribution < -0.4 is 10.3 Å². The van der Waals surface area contributed by atoms with Gasteiger partial charge in [0.25, 0.3) is 5.56 Å². The number of nitrogens with zero attached hydrogens (tertiary/aromatic N) is 4. The number of hydrogen-bond donors (Lipinski definition) is 0. The molecule has 2 aromatic heterocycles. The first-order valence-electron chi connectivity index (χ1n) is 9.29. The first-order valence-corrected chi connectivity index (χ1v) is 9.67. The van der Waals surface area contributed by atoms with Gasteiger partial charge in [0.15, 0.2) is 10.8 Å². The normalized spacial score (nSPS) is 11.0. The molecule has 2 heterocycles. The van der Waals surface area contributed by atoms with Crippen LogP contribution in [0.1, 0.15) is 38.3 Å². The van der Waals surface area contributed by atoms with Crippen molar-refractivity contribution >= 4 is 11.6 Å². The van der Waals surface area contributed by atoms with Gasteiger partial charge in [0.2, 0.25) is 0 Å². The van der Waals surface area contributed by atoms with Crippen LogP contribution in [-0.4, -0.2) is 25.9 Å². The molecule has 150 valence electrons. The number of ether oxygens (including phenoxy) is 1. The topological polar surface area (TPSA) is 61.9 Å². The van der Waals surface area contributed by atoms with E-state index in [0.717, 1.165) is 12.1 Å². The summed E-state index contributed by atoms with van der Waals surface area (Å²) >= 11 is 6.14. The van der Waals surface area contributed by atoms with Crippen molar-refractivity contribution in [2.75, 3.05) is 6.61 Å². The summed E-state index contributed by atoms with van der Waals surface area (Å²) in [4.78, 5) is 16.3. The highest BCUT2D eigenvalue weighted by molar-refractivity contribution is 6.31. The van der Waals surface area contributed by atoms with Gasteiger partial charge in [-0.15, -0.1) is 0 Å². The molecule has 29 heavy (non-hydrogen) atoms. The van der Waals surface area contributed by atoms with Gasteiger partial charge in [-0.1, -0.05) is 35.6 Å². The van der Waals surface area contributed by atoms with Crippen LogP contribution in [0.2, 0.25) is 5.02 Å². The van der Waals surface area contributed by atoms with Crippen molar-refractivity contribution in [3.8, 4) is 17.6 Å². The van der Waals surface area contributed by atoms with Crippen LogP contribution in [-0.2, 0) is 12.1 Å². The molecule has 0 radical (unpaired) electrons. The first-order chi connectivity index (χ1) is 13.8. The van der Waals surface area contributed by atoms with Gasteiger partial charge >= 0.3 is 0 Å². The van der Waals surface area contributed by atoms with Crippen LogP contribution in [0.4, 0.5) is 0 Å². The molecule has 0 bridgehead atoms. The van der Waals surface area contributed by atoms with Gasteiger partial charge in [-0.2, -0.15) is 5.10 Å². The molecule has 0 saturated carbocycles. The Labute approximate surface area is 175 Å². The molecule has 3 rings (SSSR count). The molecule has 0 unspecified atom stereocenters. The molecular weight excluding hydrogens is 388 g/mol. The summed E-state index contributed by atoms with van der Waals surface area (Å²) in [6, 6.07) is 8.09. The second kappa shape index (κ2) is 8.97. The zero-order valence-corrected chi connectivity index (χ0v) is 17.5. The Kier molecular flexibility index (Phi) is 6.40. The summed E-state index contributed by atoms with van der Waals surface area (Å²) in [5.74, 6) is 6.46. The van der Waals surface area contributed by atoms with E-state index in [1.807, 2.05) is 43.7 Å². The van der Waals surface area contributed by atoms with Crippen molar-refractivity contribution in [2.24, 2.45) is 0 Å². The fourth-order valence-corrected chi connectivity index (χ4v) is 2.84. The molecule has 3 aromatic rings. The maximum absolute atomic E-state index is 12.3. The van der Waals surface area contributed by atoms with Crippen molar-refractivity contribution in [2.45, 2.75) is 39.3 Å². The standard InChI is InChI=1S/C22H23ClN4O2/c1-22(2,3)27-21(28)20(23)19(14-25-27)29-13-5-4-6-17-7-9-18(10-8-17)15-26-12-11-24-16-26/h7-12,14,16H,5,13,15H2,1-3H3. The molecule has 0 atom stereocenters. The fraction of sp³-hybridized carbons (Fsp3) is 0.318. The van der Waals surface area contributed by atoms with E-state index in [-0.39, 0.29) is 16.3 Å². The van der Waals surface area contributed by atoms with E-state index in [0.29, 0.717) is 13.0 Å². The molecule has 0 spiro atoms. The van der Waals surface area contributed by atoms with E-state index in [9.17, 15) is 4.79 Å². The monoisotopic (exact) mass is 410 g/mol. The van der Waals surface area contributed by atoms with Gasteiger partial charge in [0, 0.05) is 30.9 Å². The average Bonchev–Trinajstić information content (AvgIpc) is 3.18. The predicted molar refractivity (Wildman–Crippen MR) is 113 cm³/mol. The molecule has 0 N–H and O–H groups in total. The zero-order chi connectivity index (χ0) is 20.9. The van der Waals surface area contributed by atoms with E-state index in [1.54, 1.807) is 12.5 Å². The van der Waals surface area contributed by atoms with Gasteiger partial charge in [-0.3, -0.25) is 4.79 Å². The van der Waals surface area contributed by atoms with Crippen LogP contribution in [0.25, 0.3) is 0 Å². The lowest BCUT2D eigenvalue weighted by Gasteiger charge is -2.21. The third kappa shape index (κ3) is 5.49. The van der Waals surface area contributed by atoms with Crippen LogP contribution in [0.15, 0.2) is 54.0 Å². The van der Waals surface area contributed by atoms with Crippen molar-refractivity contribution < 1.29 is 4.74 Å². The molecule has 0 aliphatic heterocycles. The highest BCUT2D eigenvalue weighted by Crippen LogP contribution is 2.20. The largest absolute Gasteiger partial charge is 0.489 e. The average molecular weight is 411 g/mol. The van der Waals surface area contributed by atoms with Crippen molar-refractivity contribution in [3.05, 3.63) is 75.7 Å². The number of aromatic nitrogens is 4. The Morgan fingerprint density at radius 1 is 1.21 bits per heavy atom.